The van der Waals surface area contributed by atoms with E-state index in [0.717, 1.165) is 23.5 Å². The fourth-order valence-electron chi connectivity index (χ4n) is 1.98. The number of hydrazine groups is 1. The van der Waals surface area contributed by atoms with Crippen molar-refractivity contribution >= 4 is 0 Å². The molecule has 0 amide bonds. The Labute approximate surface area is 114 Å². The van der Waals surface area contributed by atoms with Crippen LogP contribution in [0, 0.1) is 0 Å². The fraction of sp³-hybridized carbons (Fsp3) is 0.286. The van der Waals surface area contributed by atoms with Crippen LogP contribution in [-0.4, -0.2) is 6.04 Å². The van der Waals surface area contributed by atoms with E-state index < -0.39 is 11.7 Å². The van der Waals surface area contributed by atoms with Crippen LogP contribution in [0.5, 0.6) is 0 Å². The third kappa shape index (κ3) is 3.85. The van der Waals surface area contributed by atoms with Crippen LogP contribution in [0.25, 0.3) is 0 Å². The molecule has 2 rings (SSSR count). The first-order valence-corrected chi connectivity index (χ1v) is 6.13. The van der Waals surface area contributed by atoms with Crippen molar-refractivity contribution in [2.45, 2.75) is 25.1 Å². The second kappa shape index (κ2) is 6.11. The first-order valence-electron chi connectivity index (χ1n) is 6.13. The maximum Gasteiger partial charge on any atom is 0.416 e. The Morgan fingerprint density at radius 3 is 2.30 bits per heavy atom. The zero-order chi connectivity index (χ0) is 14.6. The van der Waals surface area contributed by atoms with E-state index >= 15 is 0 Å². The van der Waals surface area contributed by atoms with E-state index in [0.29, 0.717) is 12.8 Å². The number of hydrogen-bond donors (Lipinski definition) is 2. The van der Waals surface area contributed by atoms with Gasteiger partial charge >= 0.3 is 6.18 Å². The van der Waals surface area contributed by atoms with E-state index in [1.165, 1.54) is 12.1 Å². The molecule has 0 saturated heterocycles. The quantitative estimate of drug-likeness (QED) is 0.655. The molecule has 0 radical (unpaired) electrons. The van der Waals surface area contributed by atoms with Gasteiger partial charge in [0, 0.05) is 12.5 Å². The molecule has 3 N–H and O–H groups in total. The minimum absolute atomic E-state index is 0.0992. The van der Waals surface area contributed by atoms with Gasteiger partial charge in [0.05, 0.1) is 11.8 Å². The average Bonchev–Trinajstić information content (AvgIpc) is 2.90. The highest BCUT2D eigenvalue weighted by atomic mass is 19.4. The molecule has 0 fully saturated rings. The predicted molar refractivity (Wildman–Crippen MR) is 68.7 cm³/mol. The van der Waals surface area contributed by atoms with Gasteiger partial charge in [0.1, 0.15) is 5.76 Å². The second-order valence-electron chi connectivity index (χ2n) is 4.55. The fourth-order valence-corrected chi connectivity index (χ4v) is 1.98. The van der Waals surface area contributed by atoms with Gasteiger partial charge in [-0.05, 0) is 36.2 Å². The average molecular weight is 284 g/mol. The Hall–Kier alpha value is -1.79. The van der Waals surface area contributed by atoms with Crippen LogP contribution in [0.4, 0.5) is 13.2 Å². The normalized spacial score (nSPS) is 13.4. The molecule has 0 aliphatic carbocycles. The number of nitrogens with two attached hydrogens (primary N) is 1. The van der Waals surface area contributed by atoms with E-state index in [-0.39, 0.29) is 6.04 Å². The van der Waals surface area contributed by atoms with Crippen LogP contribution in [0.1, 0.15) is 16.9 Å². The Bertz CT molecular complexity index is 520. The van der Waals surface area contributed by atoms with Crippen molar-refractivity contribution in [3.05, 3.63) is 59.5 Å². The van der Waals surface area contributed by atoms with Crippen molar-refractivity contribution < 1.29 is 17.6 Å². The molecule has 3 nitrogen and oxygen atoms in total. The topological polar surface area (TPSA) is 51.2 Å². The molecule has 1 unspecified atom stereocenters. The molecule has 0 bridgehead atoms. The number of nitrogens with one attached hydrogen (secondary N) is 1. The maximum atomic E-state index is 12.5. The predicted octanol–water partition coefficient (Wildman–Crippen LogP) is 2.92. The van der Waals surface area contributed by atoms with Gasteiger partial charge in [-0.15, -0.1) is 0 Å². The summed E-state index contributed by atoms with van der Waals surface area (Å²) in [5.41, 5.74) is 2.79. The smallest absolute Gasteiger partial charge is 0.416 e. The molecular weight excluding hydrogens is 269 g/mol. The number of alkyl halides is 3. The van der Waals surface area contributed by atoms with Crippen LogP contribution in [0.15, 0.2) is 47.1 Å². The summed E-state index contributed by atoms with van der Waals surface area (Å²) in [6.45, 7) is 0. The highest BCUT2D eigenvalue weighted by Crippen LogP contribution is 2.29. The van der Waals surface area contributed by atoms with E-state index in [1.807, 2.05) is 6.07 Å². The summed E-state index contributed by atoms with van der Waals surface area (Å²) in [6, 6.07) is 8.60. The van der Waals surface area contributed by atoms with Gasteiger partial charge in [-0.25, -0.2) is 0 Å². The van der Waals surface area contributed by atoms with Gasteiger partial charge < -0.3 is 4.42 Å². The summed E-state index contributed by atoms with van der Waals surface area (Å²) in [7, 11) is 0. The minimum Gasteiger partial charge on any atom is -0.469 e. The lowest BCUT2D eigenvalue weighted by atomic mass is 10.0. The molecule has 20 heavy (non-hydrogen) atoms. The third-order valence-electron chi connectivity index (χ3n) is 3.03. The number of rotatable bonds is 5. The molecule has 0 saturated carbocycles. The van der Waals surface area contributed by atoms with Crippen LogP contribution >= 0.6 is 0 Å². The summed E-state index contributed by atoms with van der Waals surface area (Å²) in [6.07, 6.45) is -1.64. The Morgan fingerprint density at radius 2 is 1.80 bits per heavy atom. The number of furan rings is 1. The van der Waals surface area contributed by atoms with Gasteiger partial charge in [-0.1, -0.05) is 12.1 Å². The maximum absolute atomic E-state index is 12.5. The van der Waals surface area contributed by atoms with Crippen molar-refractivity contribution in [2.75, 3.05) is 0 Å². The highest BCUT2D eigenvalue weighted by Gasteiger charge is 2.29. The first-order chi connectivity index (χ1) is 9.49. The molecule has 0 spiro atoms. The minimum atomic E-state index is -4.31. The number of halogens is 3. The van der Waals surface area contributed by atoms with Crippen LogP contribution < -0.4 is 11.3 Å². The van der Waals surface area contributed by atoms with Crippen molar-refractivity contribution in [3.63, 3.8) is 0 Å². The standard InChI is InChI=1S/C14H15F3N2O/c15-14(16,17)11-5-3-10(4-6-11)8-12(19-18)9-13-2-1-7-20-13/h1-7,12,19H,8-9,18H2. The van der Waals surface area contributed by atoms with Crippen LogP contribution in [0.2, 0.25) is 0 Å². The lowest BCUT2D eigenvalue weighted by Crippen LogP contribution is -2.38. The molecular formula is C14H15F3N2O. The summed E-state index contributed by atoms with van der Waals surface area (Å²) >= 11 is 0. The molecule has 6 heteroatoms. The summed E-state index contributed by atoms with van der Waals surface area (Å²) in [5.74, 6) is 6.24. The zero-order valence-electron chi connectivity index (χ0n) is 10.7. The summed E-state index contributed by atoms with van der Waals surface area (Å²) in [5, 5.41) is 0. The van der Waals surface area contributed by atoms with Crippen molar-refractivity contribution in [3.8, 4) is 0 Å². The molecule has 2 aromatic rings. The molecule has 1 heterocycles. The van der Waals surface area contributed by atoms with E-state index in [1.54, 1.807) is 12.3 Å². The molecule has 1 atom stereocenters. The van der Waals surface area contributed by atoms with Crippen LogP contribution in [-0.2, 0) is 19.0 Å². The molecule has 0 aliphatic heterocycles. The Balaban J connectivity index is 2.01. The molecule has 1 aromatic carbocycles. The van der Waals surface area contributed by atoms with Gasteiger partial charge in [-0.2, -0.15) is 13.2 Å². The largest absolute Gasteiger partial charge is 0.469 e. The first kappa shape index (κ1) is 14.6. The van der Waals surface area contributed by atoms with Gasteiger partial charge in [0.2, 0.25) is 0 Å². The zero-order valence-corrected chi connectivity index (χ0v) is 10.7. The van der Waals surface area contributed by atoms with Crippen molar-refractivity contribution in [1.29, 1.82) is 0 Å². The lowest BCUT2D eigenvalue weighted by molar-refractivity contribution is -0.137. The number of hydrogen-bond acceptors (Lipinski definition) is 3. The van der Waals surface area contributed by atoms with Crippen molar-refractivity contribution in [2.24, 2.45) is 5.84 Å². The van der Waals surface area contributed by atoms with Gasteiger partial charge in [0.25, 0.3) is 0 Å². The number of benzene rings is 1. The van der Waals surface area contributed by atoms with Gasteiger partial charge in [0.15, 0.2) is 0 Å². The highest BCUT2D eigenvalue weighted by molar-refractivity contribution is 5.25. The summed E-state index contributed by atoms with van der Waals surface area (Å²) in [4.78, 5) is 0. The Kier molecular flexibility index (Phi) is 4.46. The lowest BCUT2D eigenvalue weighted by Gasteiger charge is -2.15. The van der Waals surface area contributed by atoms with Crippen molar-refractivity contribution in [1.82, 2.24) is 5.43 Å². The van der Waals surface area contributed by atoms with E-state index in [2.05, 4.69) is 5.43 Å². The monoisotopic (exact) mass is 284 g/mol. The van der Waals surface area contributed by atoms with Gasteiger partial charge in [-0.3, -0.25) is 11.3 Å². The second-order valence-corrected chi connectivity index (χ2v) is 4.55. The molecule has 1 aromatic heterocycles. The SMILES string of the molecule is NNC(Cc1ccc(C(F)(F)F)cc1)Cc1ccco1. The molecule has 0 aliphatic rings. The summed E-state index contributed by atoms with van der Waals surface area (Å²) < 4.78 is 42.6. The van der Waals surface area contributed by atoms with E-state index in [9.17, 15) is 13.2 Å². The molecule has 108 valence electrons. The van der Waals surface area contributed by atoms with E-state index in [4.69, 9.17) is 10.3 Å². The third-order valence-corrected chi connectivity index (χ3v) is 3.03. The Morgan fingerprint density at radius 1 is 1.10 bits per heavy atom. The van der Waals surface area contributed by atoms with Crippen LogP contribution in [0.3, 0.4) is 0 Å².